The number of benzene rings is 2. The molecule has 1 amide bonds. The summed E-state index contributed by atoms with van der Waals surface area (Å²) in [5.74, 6) is 0.364. The summed E-state index contributed by atoms with van der Waals surface area (Å²) in [5, 5.41) is 4.22. The number of nitrogens with zero attached hydrogens (tertiary/aromatic N) is 2. The standard InChI is InChI=1S/C22H19Cl2N3O2S/c1-12-6-8-13(9-7-12)11-30-22-26-21(29)19-14(10-17(28)25-20(19)27(22)2)18-15(23)4-3-5-16(18)24/h3-9,14H,10-11H2,1-2H3,(H,25,28). The highest BCUT2D eigenvalue weighted by atomic mass is 35.5. The van der Waals surface area contributed by atoms with Gasteiger partial charge in [0.1, 0.15) is 5.82 Å². The Labute approximate surface area is 188 Å². The van der Waals surface area contributed by atoms with Crippen LogP contribution < -0.4 is 10.9 Å². The molecule has 0 saturated heterocycles. The van der Waals surface area contributed by atoms with Crippen LogP contribution in [0.4, 0.5) is 5.82 Å². The average molecular weight is 460 g/mol. The molecule has 1 aliphatic rings. The fourth-order valence-corrected chi connectivity index (χ4v) is 5.17. The number of nitrogens with one attached hydrogen (secondary N) is 1. The van der Waals surface area contributed by atoms with Gasteiger partial charge in [0.05, 0.1) is 5.56 Å². The number of carbonyl (C=O) groups is 1. The molecule has 8 heteroatoms. The Hall–Kier alpha value is -2.28. The lowest BCUT2D eigenvalue weighted by atomic mass is 9.86. The Morgan fingerprint density at radius 3 is 2.43 bits per heavy atom. The fraction of sp³-hybridized carbons (Fsp3) is 0.227. The molecular weight excluding hydrogens is 441 g/mol. The van der Waals surface area contributed by atoms with Crippen molar-refractivity contribution in [1.29, 1.82) is 0 Å². The number of aromatic nitrogens is 2. The average Bonchev–Trinajstić information content (AvgIpc) is 2.70. The lowest BCUT2D eigenvalue weighted by Crippen LogP contribution is -2.33. The number of carbonyl (C=O) groups excluding carboxylic acids is 1. The highest BCUT2D eigenvalue weighted by molar-refractivity contribution is 7.98. The molecule has 0 bridgehead atoms. The number of rotatable bonds is 4. The van der Waals surface area contributed by atoms with Gasteiger partial charge in [-0.1, -0.05) is 70.9 Å². The third-order valence-corrected chi connectivity index (χ3v) is 6.90. The van der Waals surface area contributed by atoms with Crippen LogP contribution in [0.3, 0.4) is 0 Å². The molecule has 4 rings (SSSR count). The van der Waals surface area contributed by atoms with Crippen LogP contribution in [-0.2, 0) is 17.6 Å². The van der Waals surface area contributed by atoms with Crippen molar-refractivity contribution in [3.05, 3.63) is 85.1 Å². The van der Waals surface area contributed by atoms with Crippen molar-refractivity contribution in [1.82, 2.24) is 9.55 Å². The van der Waals surface area contributed by atoms with E-state index in [2.05, 4.69) is 22.4 Å². The maximum absolute atomic E-state index is 13.0. The predicted molar refractivity (Wildman–Crippen MR) is 122 cm³/mol. The maximum Gasteiger partial charge on any atom is 0.279 e. The molecule has 2 heterocycles. The van der Waals surface area contributed by atoms with E-state index in [1.807, 2.05) is 19.1 Å². The first-order valence-corrected chi connectivity index (χ1v) is 11.1. The van der Waals surface area contributed by atoms with Gasteiger partial charge >= 0.3 is 0 Å². The first-order chi connectivity index (χ1) is 14.3. The molecule has 1 atom stereocenters. The van der Waals surface area contributed by atoms with Crippen molar-refractivity contribution in [2.24, 2.45) is 7.05 Å². The number of aryl methyl sites for hydroxylation is 1. The lowest BCUT2D eigenvalue weighted by Gasteiger charge is -2.28. The van der Waals surface area contributed by atoms with Gasteiger partial charge in [0.2, 0.25) is 5.91 Å². The summed E-state index contributed by atoms with van der Waals surface area (Å²) < 4.78 is 1.75. The molecule has 2 aromatic carbocycles. The molecule has 0 aliphatic carbocycles. The molecule has 1 aliphatic heterocycles. The second-order valence-corrected chi connectivity index (χ2v) is 8.99. The number of anilines is 1. The highest BCUT2D eigenvalue weighted by Crippen LogP contribution is 2.41. The van der Waals surface area contributed by atoms with E-state index in [0.717, 1.165) is 5.56 Å². The van der Waals surface area contributed by atoms with Crippen molar-refractivity contribution in [2.75, 3.05) is 5.32 Å². The van der Waals surface area contributed by atoms with Gasteiger partial charge in [-0.2, -0.15) is 4.98 Å². The largest absolute Gasteiger partial charge is 0.312 e. The molecule has 5 nitrogen and oxygen atoms in total. The van der Waals surface area contributed by atoms with Gasteiger partial charge in [-0.05, 0) is 30.2 Å². The zero-order valence-corrected chi connectivity index (χ0v) is 18.7. The molecule has 30 heavy (non-hydrogen) atoms. The maximum atomic E-state index is 13.0. The lowest BCUT2D eigenvalue weighted by molar-refractivity contribution is -0.116. The quantitative estimate of drug-likeness (QED) is 0.432. The number of thioether (sulfide) groups is 1. The van der Waals surface area contributed by atoms with Crippen molar-refractivity contribution in [3.63, 3.8) is 0 Å². The van der Waals surface area contributed by atoms with E-state index < -0.39 is 5.92 Å². The number of amides is 1. The molecule has 0 fully saturated rings. The second kappa shape index (κ2) is 8.46. The van der Waals surface area contributed by atoms with Gasteiger partial charge in [-0.25, -0.2) is 0 Å². The summed E-state index contributed by atoms with van der Waals surface area (Å²) in [4.78, 5) is 29.8. The second-order valence-electron chi connectivity index (χ2n) is 7.24. The minimum absolute atomic E-state index is 0.0865. The normalized spacial score (nSPS) is 15.6. The molecule has 1 aromatic heterocycles. The number of hydrogen-bond acceptors (Lipinski definition) is 4. The van der Waals surface area contributed by atoms with Crippen molar-refractivity contribution < 1.29 is 4.79 Å². The Morgan fingerprint density at radius 2 is 1.77 bits per heavy atom. The third-order valence-electron chi connectivity index (χ3n) is 5.14. The molecular formula is C22H19Cl2N3O2S. The molecule has 0 radical (unpaired) electrons. The van der Waals surface area contributed by atoms with Crippen molar-refractivity contribution in [3.8, 4) is 0 Å². The molecule has 0 spiro atoms. The number of fused-ring (bicyclic) bond motifs is 1. The summed E-state index contributed by atoms with van der Waals surface area (Å²) in [7, 11) is 1.79. The Morgan fingerprint density at radius 1 is 1.10 bits per heavy atom. The van der Waals surface area contributed by atoms with E-state index in [-0.39, 0.29) is 17.9 Å². The van der Waals surface area contributed by atoms with E-state index >= 15 is 0 Å². The van der Waals surface area contributed by atoms with Crippen LogP contribution >= 0.6 is 35.0 Å². The zero-order valence-electron chi connectivity index (χ0n) is 16.4. The Bertz CT molecular complexity index is 1170. The van der Waals surface area contributed by atoms with E-state index in [1.54, 1.807) is 29.8 Å². The van der Waals surface area contributed by atoms with Crippen molar-refractivity contribution >= 4 is 46.7 Å². The van der Waals surface area contributed by atoms with Gasteiger partial charge in [-0.15, -0.1) is 0 Å². The molecule has 1 N–H and O–H groups in total. The van der Waals surface area contributed by atoms with Crippen LogP contribution in [0.25, 0.3) is 0 Å². The van der Waals surface area contributed by atoms with Crippen LogP contribution in [0.2, 0.25) is 10.0 Å². The monoisotopic (exact) mass is 459 g/mol. The molecule has 3 aromatic rings. The number of halogens is 2. The summed E-state index contributed by atoms with van der Waals surface area (Å²) >= 11 is 14.2. The van der Waals surface area contributed by atoms with Crippen LogP contribution in [0.1, 0.15) is 34.6 Å². The summed E-state index contributed by atoms with van der Waals surface area (Å²) in [5.41, 5.74) is 2.93. The predicted octanol–water partition coefficient (Wildman–Crippen LogP) is 5.16. The zero-order chi connectivity index (χ0) is 21.4. The first-order valence-electron chi connectivity index (χ1n) is 9.38. The van der Waals surface area contributed by atoms with E-state index in [4.69, 9.17) is 23.2 Å². The van der Waals surface area contributed by atoms with Crippen LogP contribution in [-0.4, -0.2) is 15.5 Å². The van der Waals surface area contributed by atoms with Crippen LogP contribution in [0.15, 0.2) is 52.4 Å². The van der Waals surface area contributed by atoms with Gasteiger partial charge in [0.25, 0.3) is 5.56 Å². The van der Waals surface area contributed by atoms with Gasteiger partial charge in [0.15, 0.2) is 5.16 Å². The molecule has 0 saturated carbocycles. The van der Waals surface area contributed by atoms with E-state index in [1.165, 1.54) is 17.3 Å². The Kier molecular flexibility index (Phi) is 5.91. The van der Waals surface area contributed by atoms with Gasteiger partial charge in [0, 0.05) is 35.2 Å². The smallest absolute Gasteiger partial charge is 0.279 e. The minimum atomic E-state index is -0.544. The topological polar surface area (TPSA) is 64.0 Å². The van der Waals surface area contributed by atoms with Crippen molar-refractivity contribution in [2.45, 2.75) is 30.2 Å². The van der Waals surface area contributed by atoms with Gasteiger partial charge in [-0.3, -0.25) is 9.59 Å². The molecule has 1 unspecified atom stereocenters. The number of hydrogen-bond donors (Lipinski definition) is 1. The summed E-state index contributed by atoms with van der Waals surface area (Å²) in [6.45, 7) is 2.04. The van der Waals surface area contributed by atoms with E-state index in [0.29, 0.717) is 37.9 Å². The van der Waals surface area contributed by atoms with Crippen LogP contribution in [0.5, 0.6) is 0 Å². The summed E-state index contributed by atoms with van der Waals surface area (Å²) in [6, 6.07) is 13.4. The first kappa shape index (κ1) is 21.0. The highest BCUT2D eigenvalue weighted by Gasteiger charge is 2.34. The van der Waals surface area contributed by atoms with E-state index in [9.17, 15) is 9.59 Å². The third kappa shape index (κ3) is 4.00. The fourth-order valence-electron chi connectivity index (χ4n) is 3.59. The SMILES string of the molecule is Cc1ccc(CSc2nc(=O)c3c(n2C)NC(=O)CC3c2c(Cl)cccc2Cl)cc1. The Balaban J connectivity index is 1.75. The molecule has 154 valence electrons. The van der Waals surface area contributed by atoms with Crippen LogP contribution in [0, 0.1) is 6.92 Å². The summed E-state index contributed by atoms with van der Waals surface area (Å²) in [6.07, 6.45) is 0.0865. The van der Waals surface area contributed by atoms with Gasteiger partial charge < -0.3 is 9.88 Å². The minimum Gasteiger partial charge on any atom is -0.312 e.